The molecule has 0 saturated carbocycles. The van der Waals surface area contributed by atoms with E-state index in [4.69, 9.17) is 16.3 Å². The molecule has 1 aromatic heterocycles. The molecule has 3 rings (SSSR count). The Morgan fingerprint density at radius 1 is 1.11 bits per heavy atom. The Balaban J connectivity index is 1.89. The van der Waals surface area contributed by atoms with Crippen molar-refractivity contribution in [2.24, 2.45) is 0 Å². The second-order valence-electron chi connectivity index (χ2n) is 4.09. The summed E-state index contributed by atoms with van der Waals surface area (Å²) < 4.78 is 5.71. The van der Waals surface area contributed by atoms with E-state index >= 15 is 0 Å². The van der Waals surface area contributed by atoms with Crippen molar-refractivity contribution in [3.8, 4) is 5.75 Å². The number of hydrogen-bond acceptors (Lipinski definition) is 4. The molecule has 0 unspecified atom stereocenters. The molecule has 1 aliphatic rings. The summed E-state index contributed by atoms with van der Waals surface area (Å²) in [7, 11) is 0. The zero-order valence-electron chi connectivity index (χ0n) is 9.71. The molecule has 2 heterocycles. The summed E-state index contributed by atoms with van der Waals surface area (Å²) in [5.74, 6) is 1.77. The van der Waals surface area contributed by atoms with E-state index in [1.165, 1.54) is 0 Å². The summed E-state index contributed by atoms with van der Waals surface area (Å²) in [5, 5.41) is 8.39. The first kappa shape index (κ1) is 11.3. The standard InChI is InChI=1S/C13H12ClN3O/c14-12-5-6-13(16-15-12)17-7-8-18-11-4-2-1-3-10(11)9-17/h1-6H,7-9H2. The Morgan fingerprint density at radius 3 is 2.83 bits per heavy atom. The van der Waals surface area contributed by atoms with Crippen LogP contribution in [0.3, 0.4) is 0 Å². The summed E-state index contributed by atoms with van der Waals surface area (Å²) in [4.78, 5) is 2.13. The SMILES string of the molecule is Clc1ccc(N2CCOc3ccccc3C2)nn1. The van der Waals surface area contributed by atoms with E-state index in [1.807, 2.05) is 24.3 Å². The number of hydrogen-bond donors (Lipinski definition) is 0. The van der Waals surface area contributed by atoms with Gasteiger partial charge >= 0.3 is 0 Å². The zero-order valence-corrected chi connectivity index (χ0v) is 10.5. The summed E-state index contributed by atoms with van der Waals surface area (Å²) in [6.07, 6.45) is 0. The molecule has 0 saturated heterocycles. The number of benzene rings is 1. The summed E-state index contributed by atoms with van der Waals surface area (Å²) >= 11 is 5.75. The van der Waals surface area contributed by atoms with Crippen LogP contribution in [-0.2, 0) is 6.54 Å². The van der Waals surface area contributed by atoms with Crippen LogP contribution >= 0.6 is 11.6 Å². The van der Waals surface area contributed by atoms with Gasteiger partial charge in [0.15, 0.2) is 11.0 Å². The van der Waals surface area contributed by atoms with Crippen LogP contribution in [0.4, 0.5) is 5.82 Å². The molecule has 0 bridgehead atoms. The van der Waals surface area contributed by atoms with Gasteiger partial charge in [0.05, 0.1) is 6.54 Å². The van der Waals surface area contributed by atoms with Crippen LogP contribution in [0.25, 0.3) is 0 Å². The first-order valence-electron chi connectivity index (χ1n) is 5.78. The van der Waals surface area contributed by atoms with Crippen LogP contribution in [0, 0.1) is 0 Å². The van der Waals surface area contributed by atoms with Crippen LogP contribution < -0.4 is 9.64 Å². The van der Waals surface area contributed by atoms with Crippen molar-refractivity contribution < 1.29 is 4.74 Å². The molecule has 4 nitrogen and oxygen atoms in total. The third kappa shape index (κ3) is 2.24. The first-order valence-corrected chi connectivity index (χ1v) is 6.15. The third-order valence-electron chi connectivity index (χ3n) is 2.89. The van der Waals surface area contributed by atoms with Crippen LogP contribution in [0.1, 0.15) is 5.56 Å². The first-order chi connectivity index (χ1) is 8.83. The van der Waals surface area contributed by atoms with Crippen molar-refractivity contribution in [3.63, 3.8) is 0 Å². The van der Waals surface area contributed by atoms with Gasteiger partial charge in [-0.25, -0.2) is 0 Å². The summed E-state index contributed by atoms with van der Waals surface area (Å²) in [6.45, 7) is 2.19. The Bertz CT molecular complexity index is 544. The number of rotatable bonds is 1. The van der Waals surface area contributed by atoms with E-state index in [9.17, 15) is 0 Å². The van der Waals surface area contributed by atoms with E-state index in [-0.39, 0.29) is 0 Å². The molecule has 0 atom stereocenters. The van der Waals surface area contributed by atoms with Gasteiger partial charge in [0.2, 0.25) is 0 Å². The Morgan fingerprint density at radius 2 is 2.00 bits per heavy atom. The molecule has 2 aromatic rings. The van der Waals surface area contributed by atoms with Gasteiger partial charge in [0.1, 0.15) is 12.4 Å². The highest BCUT2D eigenvalue weighted by molar-refractivity contribution is 6.29. The predicted octanol–water partition coefficient (Wildman–Crippen LogP) is 2.53. The molecule has 1 aromatic carbocycles. The maximum absolute atomic E-state index is 5.75. The lowest BCUT2D eigenvalue weighted by atomic mass is 10.2. The zero-order chi connectivity index (χ0) is 12.4. The monoisotopic (exact) mass is 261 g/mol. The Labute approximate surface area is 110 Å². The molecule has 18 heavy (non-hydrogen) atoms. The van der Waals surface area contributed by atoms with E-state index in [0.717, 1.165) is 30.2 Å². The molecule has 0 N–H and O–H groups in total. The molecule has 92 valence electrons. The number of nitrogens with zero attached hydrogens (tertiary/aromatic N) is 3. The molecular formula is C13H12ClN3O. The molecule has 0 fully saturated rings. The smallest absolute Gasteiger partial charge is 0.151 e. The molecular weight excluding hydrogens is 250 g/mol. The van der Waals surface area contributed by atoms with Crippen LogP contribution in [0.5, 0.6) is 5.75 Å². The number of para-hydroxylation sites is 1. The van der Waals surface area contributed by atoms with E-state index in [2.05, 4.69) is 21.2 Å². The largest absolute Gasteiger partial charge is 0.491 e. The highest BCUT2D eigenvalue weighted by atomic mass is 35.5. The van der Waals surface area contributed by atoms with Crippen LogP contribution in [0.15, 0.2) is 36.4 Å². The van der Waals surface area contributed by atoms with Crippen molar-refractivity contribution in [2.75, 3.05) is 18.1 Å². The minimum atomic E-state index is 0.408. The number of halogens is 1. The average molecular weight is 262 g/mol. The fourth-order valence-electron chi connectivity index (χ4n) is 2.00. The number of fused-ring (bicyclic) bond motifs is 1. The van der Waals surface area contributed by atoms with E-state index in [0.29, 0.717) is 11.8 Å². The minimum Gasteiger partial charge on any atom is -0.491 e. The predicted molar refractivity (Wildman–Crippen MR) is 70.0 cm³/mol. The maximum atomic E-state index is 5.75. The lowest BCUT2D eigenvalue weighted by Gasteiger charge is -2.19. The molecule has 0 aliphatic carbocycles. The number of ether oxygens (including phenoxy) is 1. The minimum absolute atomic E-state index is 0.408. The second kappa shape index (κ2) is 4.82. The molecule has 0 radical (unpaired) electrons. The Hall–Kier alpha value is -1.81. The highest BCUT2D eigenvalue weighted by Gasteiger charge is 2.16. The molecule has 5 heteroatoms. The van der Waals surface area contributed by atoms with E-state index in [1.54, 1.807) is 6.07 Å². The fourth-order valence-corrected chi connectivity index (χ4v) is 2.10. The van der Waals surface area contributed by atoms with Gasteiger partial charge in [0, 0.05) is 12.1 Å². The van der Waals surface area contributed by atoms with Crippen molar-refractivity contribution >= 4 is 17.4 Å². The molecule has 0 amide bonds. The summed E-state index contributed by atoms with van der Waals surface area (Å²) in [5.41, 5.74) is 1.16. The Kier molecular flexibility index (Phi) is 3.02. The lowest BCUT2D eigenvalue weighted by molar-refractivity contribution is 0.331. The van der Waals surface area contributed by atoms with Crippen molar-refractivity contribution in [2.45, 2.75) is 6.54 Å². The van der Waals surface area contributed by atoms with Gasteiger partial charge < -0.3 is 9.64 Å². The van der Waals surface area contributed by atoms with Crippen LogP contribution in [-0.4, -0.2) is 23.3 Å². The van der Waals surface area contributed by atoms with Crippen molar-refractivity contribution in [1.82, 2.24) is 10.2 Å². The quantitative estimate of drug-likeness (QED) is 0.791. The summed E-state index contributed by atoms with van der Waals surface area (Å²) in [6, 6.07) is 11.7. The van der Waals surface area contributed by atoms with Gasteiger partial charge in [-0.2, -0.15) is 0 Å². The maximum Gasteiger partial charge on any atom is 0.151 e. The molecule has 0 spiro atoms. The normalized spacial score (nSPS) is 14.6. The van der Waals surface area contributed by atoms with Gasteiger partial charge in [-0.1, -0.05) is 29.8 Å². The number of aromatic nitrogens is 2. The number of anilines is 1. The fraction of sp³-hybridized carbons (Fsp3) is 0.231. The van der Waals surface area contributed by atoms with Gasteiger partial charge in [-0.3, -0.25) is 0 Å². The lowest BCUT2D eigenvalue weighted by Crippen LogP contribution is -2.26. The van der Waals surface area contributed by atoms with Gasteiger partial charge in [-0.15, -0.1) is 10.2 Å². The average Bonchev–Trinajstić information content (AvgIpc) is 2.61. The highest BCUT2D eigenvalue weighted by Crippen LogP contribution is 2.24. The van der Waals surface area contributed by atoms with Crippen molar-refractivity contribution in [3.05, 3.63) is 47.1 Å². The van der Waals surface area contributed by atoms with Crippen LogP contribution in [0.2, 0.25) is 5.15 Å². The molecule has 1 aliphatic heterocycles. The van der Waals surface area contributed by atoms with Gasteiger partial charge in [0.25, 0.3) is 0 Å². The topological polar surface area (TPSA) is 38.2 Å². The third-order valence-corrected chi connectivity index (χ3v) is 3.10. The van der Waals surface area contributed by atoms with E-state index < -0.39 is 0 Å². The van der Waals surface area contributed by atoms with Crippen molar-refractivity contribution in [1.29, 1.82) is 0 Å². The van der Waals surface area contributed by atoms with Gasteiger partial charge in [-0.05, 0) is 18.2 Å². The second-order valence-corrected chi connectivity index (χ2v) is 4.48.